The fourth-order valence-electron chi connectivity index (χ4n) is 2.70. The van der Waals surface area contributed by atoms with E-state index in [0.29, 0.717) is 37.3 Å². The molecule has 20 heavy (non-hydrogen) atoms. The molecule has 0 saturated carbocycles. The zero-order chi connectivity index (χ0) is 14.1. The minimum atomic E-state index is -0.305. The SMILES string of the molecule is O=C1CC(c2ccc(F)cc2)CC(O)=C1C1=NCCN1. The molecular weight excluding hydrogens is 259 g/mol. The van der Waals surface area contributed by atoms with Crippen molar-refractivity contribution in [3.63, 3.8) is 0 Å². The second-order valence-corrected chi connectivity index (χ2v) is 5.06. The lowest BCUT2D eigenvalue weighted by molar-refractivity contribution is -0.116. The number of carbonyl (C=O) groups excluding carboxylic acids is 1. The van der Waals surface area contributed by atoms with E-state index in [1.807, 2.05) is 0 Å². The minimum absolute atomic E-state index is 0.0729. The first-order chi connectivity index (χ1) is 9.65. The van der Waals surface area contributed by atoms with Crippen LogP contribution in [0.3, 0.4) is 0 Å². The highest BCUT2D eigenvalue weighted by atomic mass is 19.1. The van der Waals surface area contributed by atoms with Crippen molar-refractivity contribution in [2.75, 3.05) is 13.1 Å². The van der Waals surface area contributed by atoms with Crippen molar-refractivity contribution >= 4 is 11.6 Å². The van der Waals surface area contributed by atoms with Gasteiger partial charge >= 0.3 is 0 Å². The predicted octanol–water partition coefficient (Wildman–Crippen LogP) is 2.09. The maximum Gasteiger partial charge on any atom is 0.170 e. The molecule has 0 radical (unpaired) electrons. The van der Waals surface area contributed by atoms with E-state index in [2.05, 4.69) is 10.3 Å². The molecule has 5 heteroatoms. The Hall–Kier alpha value is -2.17. The van der Waals surface area contributed by atoms with E-state index < -0.39 is 0 Å². The third-order valence-electron chi connectivity index (χ3n) is 3.69. The van der Waals surface area contributed by atoms with Crippen LogP contribution >= 0.6 is 0 Å². The Morgan fingerprint density at radius 2 is 2.00 bits per heavy atom. The van der Waals surface area contributed by atoms with Crippen LogP contribution < -0.4 is 5.32 Å². The molecule has 1 aromatic carbocycles. The molecule has 0 saturated heterocycles. The molecule has 4 nitrogen and oxygen atoms in total. The Morgan fingerprint density at radius 3 is 2.60 bits per heavy atom. The smallest absolute Gasteiger partial charge is 0.170 e. The van der Waals surface area contributed by atoms with Crippen LogP contribution in [0, 0.1) is 5.82 Å². The molecule has 0 fully saturated rings. The van der Waals surface area contributed by atoms with E-state index >= 15 is 0 Å². The lowest BCUT2D eigenvalue weighted by Gasteiger charge is -2.23. The Kier molecular flexibility index (Phi) is 3.26. The van der Waals surface area contributed by atoms with E-state index in [1.54, 1.807) is 12.1 Å². The molecule has 1 aromatic rings. The number of nitrogens with one attached hydrogen (secondary N) is 1. The number of ketones is 1. The summed E-state index contributed by atoms with van der Waals surface area (Å²) in [6.45, 7) is 1.32. The van der Waals surface area contributed by atoms with Crippen molar-refractivity contribution in [1.82, 2.24) is 5.32 Å². The number of rotatable bonds is 2. The lowest BCUT2D eigenvalue weighted by atomic mass is 9.82. The summed E-state index contributed by atoms with van der Waals surface area (Å²) < 4.78 is 12.9. The second-order valence-electron chi connectivity index (χ2n) is 5.06. The fourth-order valence-corrected chi connectivity index (χ4v) is 2.70. The summed E-state index contributed by atoms with van der Waals surface area (Å²) in [6, 6.07) is 6.07. The average molecular weight is 274 g/mol. The number of hydrogen-bond acceptors (Lipinski definition) is 4. The van der Waals surface area contributed by atoms with Crippen LogP contribution in [-0.4, -0.2) is 29.8 Å². The Labute approximate surface area is 116 Å². The van der Waals surface area contributed by atoms with Crippen molar-refractivity contribution in [3.8, 4) is 0 Å². The van der Waals surface area contributed by atoms with Crippen LogP contribution in [0.5, 0.6) is 0 Å². The monoisotopic (exact) mass is 274 g/mol. The third kappa shape index (κ3) is 2.31. The number of Topliss-reactive ketones (excluding diaryl/α,β-unsaturated/α-hetero) is 1. The summed E-state index contributed by atoms with van der Waals surface area (Å²) in [5.74, 6) is 0.0553. The predicted molar refractivity (Wildman–Crippen MR) is 73.3 cm³/mol. The number of halogens is 1. The maximum atomic E-state index is 12.9. The highest BCUT2D eigenvalue weighted by molar-refractivity contribution is 6.22. The molecule has 0 spiro atoms. The van der Waals surface area contributed by atoms with Crippen LogP contribution in [0.4, 0.5) is 4.39 Å². The summed E-state index contributed by atoms with van der Waals surface area (Å²) in [5, 5.41) is 13.2. The van der Waals surface area contributed by atoms with Gasteiger partial charge < -0.3 is 10.4 Å². The van der Waals surface area contributed by atoms with Crippen molar-refractivity contribution in [2.45, 2.75) is 18.8 Å². The summed E-state index contributed by atoms with van der Waals surface area (Å²) in [6.07, 6.45) is 0.694. The highest BCUT2D eigenvalue weighted by Gasteiger charge is 2.32. The van der Waals surface area contributed by atoms with Gasteiger partial charge in [-0.3, -0.25) is 9.79 Å². The van der Waals surface area contributed by atoms with Crippen LogP contribution in [0.25, 0.3) is 0 Å². The molecule has 2 N–H and O–H groups in total. The van der Waals surface area contributed by atoms with Gasteiger partial charge in [0, 0.05) is 19.4 Å². The lowest BCUT2D eigenvalue weighted by Crippen LogP contribution is -2.30. The molecule has 1 aliphatic heterocycles. The van der Waals surface area contributed by atoms with Gasteiger partial charge in [-0.1, -0.05) is 12.1 Å². The Balaban J connectivity index is 1.87. The Bertz CT molecular complexity index is 605. The van der Waals surface area contributed by atoms with Crippen molar-refractivity contribution < 1.29 is 14.3 Å². The van der Waals surface area contributed by atoms with Crippen LogP contribution in [-0.2, 0) is 4.79 Å². The van der Waals surface area contributed by atoms with Gasteiger partial charge in [0.05, 0.1) is 12.1 Å². The number of aliphatic hydroxyl groups is 1. The summed E-state index contributed by atoms with van der Waals surface area (Å²) in [5.41, 5.74) is 1.19. The molecule has 104 valence electrons. The van der Waals surface area contributed by atoms with Gasteiger partial charge in [0.15, 0.2) is 5.78 Å². The molecule has 1 heterocycles. The number of aliphatic hydroxyl groups excluding tert-OH is 1. The molecule has 0 amide bonds. The van der Waals surface area contributed by atoms with Crippen molar-refractivity contribution in [3.05, 3.63) is 47.0 Å². The molecule has 1 unspecified atom stereocenters. The van der Waals surface area contributed by atoms with E-state index in [-0.39, 0.29) is 23.3 Å². The zero-order valence-electron chi connectivity index (χ0n) is 10.9. The number of carbonyl (C=O) groups is 1. The minimum Gasteiger partial charge on any atom is -0.511 e. The van der Waals surface area contributed by atoms with E-state index in [0.717, 1.165) is 5.56 Å². The quantitative estimate of drug-likeness (QED) is 0.868. The molecule has 3 rings (SSSR count). The molecule has 1 atom stereocenters. The first-order valence-corrected chi connectivity index (χ1v) is 6.64. The first-order valence-electron chi connectivity index (χ1n) is 6.64. The standard InChI is InChI=1S/C15H15FN2O2/c16-11-3-1-9(2-4-11)10-7-12(19)14(13(20)8-10)15-17-5-6-18-15/h1-4,10,19H,5-8H2,(H,17,18). The second kappa shape index (κ2) is 5.07. The normalized spacial score (nSPS) is 22.8. The molecule has 2 aliphatic rings. The van der Waals surface area contributed by atoms with Gasteiger partial charge in [0.25, 0.3) is 0 Å². The highest BCUT2D eigenvalue weighted by Crippen LogP contribution is 2.34. The van der Waals surface area contributed by atoms with Crippen molar-refractivity contribution in [2.24, 2.45) is 4.99 Å². The number of aliphatic imine (C=N–C) groups is 1. The molecular formula is C15H15FN2O2. The topological polar surface area (TPSA) is 61.7 Å². The van der Waals surface area contributed by atoms with Crippen LogP contribution in [0.2, 0.25) is 0 Å². The van der Waals surface area contributed by atoms with E-state index in [1.165, 1.54) is 12.1 Å². The summed E-state index contributed by atoms with van der Waals surface area (Å²) in [4.78, 5) is 16.4. The van der Waals surface area contributed by atoms with Gasteiger partial charge in [-0.2, -0.15) is 0 Å². The average Bonchev–Trinajstić information content (AvgIpc) is 2.92. The Morgan fingerprint density at radius 1 is 1.25 bits per heavy atom. The largest absolute Gasteiger partial charge is 0.511 e. The van der Waals surface area contributed by atoms with Gasteiger partial charge in [0.2, 0.25) is 0 Å². The number of benzene rings is 1. The molecule has 1 aliphatic carbocycles. The summed E-state index contributed by atoms with van der Waals surface area (Å²) in [7, 11) is 0. The van der Waals surface area contributed by atoms with Gasteiger partial charge in [-0.25, -0.2) is 4.39 Å². The molecule has 0 aromatic heterocycles. The molecule has 0 bridgehead atoms. The summed E-state index contributed by atoms with van der Waals surface area (Å²) >= 11 is 0. The van der Waals surface area contributed by atoms with Gasteiger partial charge in [-0.05, 0) is 23.6 Å². The van der Waals surface area contributed by atoms with Crippen LogP contribution in [0.1, 0.15) is 24.3 Å². The number of nitrogens with zero attached hydrogens (tertiary/aromatic N) is 1. The maximum absolute atomic E-state index is 12.9. The first kappa shape index (κ1) is 12.8. The van der Waals surface area contributed by atoms with E-state index in [9.17, 15) is 14.3 Å². The van der Waals surface area contributed by atoms with E-state index in [4.69, 9.17) is 0 Å². The number of hydrogen-bond donors (Lipinski definition) is 2. The number of amidine groups is 1. The number of allylic oxidation sites excluding steroid dienone is 1. The fraction of sp³-hybridized carbons (Fsp3) is 0.333. The van der Waals surface area contributed by atoms with Crippen LogP contribution in [0.15, 0.2) is 40.6 Å². The zero-order valence-corrected chi connectivity index (χ0v) is 10.9. The van der Waals surface area contributed by atoms with Crippen molar-refractivity contribution in [1.29, 1.82) is 0 Å². The van der Waals surface area contributed by atoms with Gasteiger partial charge in [0.1, 0.15) is 17.4 Å². The third-order valence-corrected chi connectivity index (χ3v) is 3.69. The van der Waals surface area contributed by atoms with Gasteiger partial charge in [-0.15, -0.1) is 0 Å².